The van der Waals surface area contributed by atoms with Crippen molar-refractivity contribution in [3.05, 3.63) is 59.5 Å². The summed E-state index contributed by atoms with van der Waals surface area (Å²) >= 11 is 0. The van der Waals surface area contributed by atoms with Crippen LogP contribution in [0.15, 0.2) is 42.7 Å². The first-order valence-corrected chi connectivity index (χ1v) is 8.09. The van der Waals surface area contributed by atoms with E-state index < -0.39 is 5.97 Å². The number of anilines is 1. The summed E-state index contributed by atoms with van der Waals surface area (Å²) in [5, 5.41) is 18.2. The second-order valence-electron chi connectivity index (χ2n) is 5.91. The topological polar surface area (TPSA) is 109 Å². The molecule has 2 aromatic heterocycles. The van der Waals surface area contributed by atoms with Crippen molar-refractivity contribution >= 4 is 22.6 Å². The van der Waals surface area contributed by atoms with Crippen LogP contribution in [0.1, 0.15) is 34.5 Å². The van der Waals surface area contributed by atoms with Gasteiger partial charge in [-0.25, -0.2) is 4.79 Å². The van der Waals surface area contributed by atoms with Crippen LogP contribution in [-0.2, 0) is 12.8 Å². The van der Waals surface area contributed by atoms with Crippen LogP contribution in [0.5, 0.6) is 5.75 Å². The monoisotopic (exact) mass is 337 g/mol. The molecular weight excluding hydrogens is 318 g/mol. The van der Waals surface area contributed by atoms with Crippen molar-refractivity contribution in [3.8, 4) is 5.75 Å². The van der Waals surface area contributed by atoms with Gasteiger partial charge >= 0.3 is 5.97 Å². The molecule has 1 aromatic carbocycles. The fourth-order valence-corrected chi connectivity index (χ4v) is 2.95. The second-order valence-corrected chi connectivity index (χ2v) is 5.91. The molecule has 0 saturated carbocycles. The molecule has 0 spiro atoms. The number of hydrogen-bond donors (Lipinski definition) is 3. The number of para-hydroxylation sites is 1. The Kier molecular flexibility index (Phi) is 4.79. The number of carbonyl (C=O) groups is 1. The van der Waals surface area contributed by atoms with Gasteiger partial charge in [-0.3, -0.25) is 9.97 Å². The quantitative estimate of drug-likeness (QED) is 0.629. The molecule has 1 aliphatic rings. The predicted octanol–water partition coefficient (Wildman–Crippen LogP) is 3.18. The van der Waals surface area contributed by atoms with Gasteiger partial charge in [0.1, 0.15) is 5.75 Å². The number of carboxylic acid groups (broad SMARTS) is 1. The number of nitrogens with zero attached hydrogens (tertiary/aromatic N) is 2. The molecule has 4 N–H and O–H groups in total. The molecule has 3 aromatic rings. The van der Waals surface area contributed by atoms with Crippen LogP contribution in [0.25, 0.3) is 10.9 Å². The molecule has 2 heterocycles. The molecule has 128 valence electrons. The third-order valence-corrected chi connectivity index (χ3v) is 4.18. The van der Waals surface area contributed by atoms with Crippen molar-refractivity contribution in [2.75, 3.05) is 5.73 Å². The van der Waals surface area contributed by atoms with E-state index in [9.17, 15) is 4.79 Å². The van der Waals surface area contributed by atoms with Crippen molar-refractivity contribution in [1.29, 1.82) is 0 Å². The van der Waals surface area contributed by atoms with Crippen LogP contribution >= 0.6 is 0 Å². The molecule has 25 heavy (non-hydrogen) atoms. The summed E-state index contributed by atoms with van der Waals surface area (Å²) in [6.07, 6.45) is 7.02. The van der Waals surface area contributed by atoms with Gasteiger partial charge in [-0.05, 0) is 43.4 Å². The number of pyridine rings is 2. The van der Waals surface area contributed by atoms with E-state index in [1.165, 1.54) is 36.5 Å². The van der Waals surface area contributed by atoms with Crippen LogP contribution in [0.4, 0.5) is 5.69 Å². The lowest BCUT2D eigenvalue weighted by molar-refractivity contribution is 0.0696. The highest BCUT2D eigenvalue weighted by Crippen LogP contribution is 2.30. The van der Waals surface area contributed by atoms with Crippen molar-refractivity contribution in [1.82, 2.24) is 9.97 Å². The number of aromatic hydroxyl groups is 1. The molecule has 0 bridgehead atoms. The molecule has 1 aliphatic carbocycles. The highest BCUT2D eigenvalue weighted by atomic mass is 16.4. The maximum absolute atomic E-state index is 10.2. The first kappa shape index (κ1) is 16.7. The molecule has 0 atom stereocenters. The first-order valence-electron chi connectivity index (χ1n) is 8.09. The van der Waals surface area contributed by atoms with E-state index in [2.05, 4.69) is 11.1 Å². The zero-order chi connectivity index (χ0) is 17.8. The molecule has 4 rings (SSSR count). The zero-order valence-electron chi connectivity index (χ0n) is 13.6. The Bertz CT molecular complexity index is 925. The zero-order valence-corrected chi connectivity index (χ0v) is 13.6. The van der Waals surface area contributed by atoms with Gasteiger partial charge < -0.3 is 15.9 Å². The number of hydrogen-bond acceptors (Lipinski definition) is 5. The third kappa shape index (κ3) is 3.68. The minimum absolute atomic E-state index is 0.0139. The third-order valence-electron chi connectivity index (χ3n) is 4.18. The average Bonchev–Trinajstić information content (AvgIpc) is 2.63. The number of carboxylic acids is 1. The van der Waals surface area contributed by atoms with E-state index in [1.54, 1.807) is 0 Å². The molecule has 0 saturated heterocycles. The van der Waals surface area contributed by atoms with E-state index in [0.717, 1.165) is 35.5 Å². The second kappa shape index (κ2) is 7.17. The highest BCUT2D eigenvalue weighted by molar-refractivity contribution is 5.92. The maximum atomic E-state index is 10.2. The van der Waals surface area contributed by atoms with Crippen molar-refractivity contribution in [3.63, 3.8) is 0 Å². The van der Waals surface area contributed by atoms with Gasteiger partial charge in [0.15, 0.2) is 0 Å². The highest BCUT2D eigenvalue weighted by Gasteiger charge is 2.15. The largest absolute Gasteiger partial charge is 0.506 e. The van der Waals surface area contributed by atoms with Crippen LogP contribution < -0.4 is 5.73 Å². The fourth-order valence-electron chi connectivity index (χ4n) is 2.95. The number of aryl methyl sites for hydroxylation is 1. The van der Waals surface area contributed by atoms with E-state index in [-0.39, 0.29) is 11.3 Å². The molecule has 0 unspecified atom stereocenters. The number of nitrogens with two attached hydrogens (primary N) is 1. The van der Waals surface area contributed by atoms with Gasteiger partial charge in [0.25, 0.3) is 0 Å². The summed E-state index contributed by atoms with van der Waals surface area (Å²) in [5.41, 5.74) is 10.7. The van der Waals surface area contributed by atoms with Gasteiger partial charge in [-0.1, -0.05) is 18.2 Å². The van der Waals surface area contributed by atoms with Crippen molar-refractivity contribution in [2.45, 2.75) is 25.7 Å². The van der Waals surface area contributed by atoms with Gasteiger partial charge in [-0.2, -0.15) is 0 Å². The number of aromatic carboxylic acids is 1. The smallest absolute Gasteiger partial charge is 0.337 e. The number of nitrogen functional groups attached to an aromatic ring is 1. The molecule has 6 heteroatoms. The lowest BCUT2D eigenvalue weighted by atomic mass is 9.93. The summed E-state index contributed by atoms with van der Waals surface area (Å²) in [6, 6.07) is 9.28. The Labute approximate surface area is 145 Å². The Balaban J connectivity index is 0.000000160. The molecule has 6 nitrogen and oxygen atoms in total. The number of benzene rings is 1. The van der Waals surface area contributed by atoms with Crippen LogP contribution in [0.3, 0.4) is 0 Å². The number of aromatic nitrogens is 2. The fraction of sp³-hybridized carbons (Fsp3) is 0.211. The van der Waals surface area contributed by atoms with Crippen molar-refractivity contribution < 1.29 is 15.0 Å². The van der Waals surface area contributed by atoms with Gasteiger partial charge in [-0.15, -0.1) is 0 Å². The lowest BCUT2D eigenvalue weighted by Gasteiger charge is -2.18. The minimum Gasteiger partial charge on any atom is -0.506 e. The number of rotatable bonds is 1. The van der Waals surface area contributed by atoms with E-state index in [1.807, 2.05) is 18.2 Å². The summed E-state index contributed by atoms with van der Waals surface area (Å²) in [5.74, 6) is -1.23. The van der Waals surface area contributed by atoms with Crippen molar-refractivity contribution in [2.24, 2.45) is 0 Å². The Morgan fingerprint density at radius 1 is 1.12 bits per heavy atom. The average molecular weight is 337 g/mol. The normalized spacial score (nSPS) is 12.8. The standard InChI is InChI=1S/C13H14N2.C6H5NO3/c14-13-9-5-1-3-7-11(9)15-12-8-4-2-6-10(12)13;8-5-1-4(6(9)10)2-7-3-5/h1,3,5,7H,2,4,6,8H2,(H2,14,15);1-3,8H,(H,9,10). The summed E-state index contributed by atoms with van der Waals surface area (Å²) < 4.78 is 0. The first-order chi connectivity index (χ1) is 12.1. The Hall–Kier alpha value is -3.15. The lowest BCUT2D eigenvalue weighted by Crippen LogP contribution is -2.09. The summed E-state index contributed by atoms with van der Waals surface area (Å²) in [7, 11) is 0. The summed E-state index contributed by atoms with van der Waals surface area (Å²) in [4.78, 5) is 18.4. The van der Waals surface area contributed by atoms with E-state index >= 15 is 0 Å². The predicted molar refractivity (Wildman–Crippen MR) is 95.7 cm³/mol. The van der Waals surface area contributed by atoms with Crippen LogP contribution in [0, 0.1) is 0 Å². The van der Waals surface area contributed by atoms with Crippen LogP contribution in [0.2, 0.25) is 0 Å². The molecule has 0 aliphatic heterocycles. The molecular formula is C19H19N3O3. The van der Waals surface area contributed by atoms with Crippen LogP contribution in [-0.4, -0.2) is 26.2 Å². The number of fused-ring (bicyclic) bond motifs is 2. The van der Waals surface area contributed by atoms with E-state index in [0.29, 0.717) is 0 Å². The molecule has 0 amide bonds. The minimum atomic E-state index is -1.09. The van der Waals surface area contributed by atoms with E-state index in [4.69, 9.17) is 20.9 Å². The maximum Gasteiger partial charge on any atom is 0.337 e. The Morgan fingerprint density at radius 2 is 1.88 bits per heavy atom. The molecule has 0 fully saturated rings. The van der Waals surface area contributed by atoms with Gasteiger partial charge in [0, 0.05) is 23.0 Å². The SMILES string of the molecule is Nc1c2c(nc3ccccc13)CCCC2.O=C(O)c1cncc(O)c1. The Morgan fingerprint density at radius 3 is 2.60 bits per heavy atom. The van der Waals surface area contributed by atoms with Gasteiger partial charge in [0.2, 0.25) is 0 Å². The summed E-state index contributed by atoms with van der Waals surface area (Å²) in [6.45, 7) is 0. The van der Waals surface area contributed by atoms with Gasteiger partial charge in [0.05, 0.1) is 17.3 Å². The molecule has 0 radical (unpaired) electrons.